The predicted molar refractivity (Wildman–Crippen MR) is 113 cm³/mol. The third-order valence-corrected chi connectivity index (χ3v) is 6.91. The molecule has 0 atom stereocenters. The number of amides is 1. The van der Waals surface area contributed by atoms with Crippen molar-refractivity contribution in [2.24, 2.45) is 0 Å². The Bertz CT molecular complexity index is 1000. The average Bonchev–Trinajstić information content (AvgIpc) is 2.73. The van der Waals surface area contributed by atoms with E-state index >= 15 is 0 Å². The molecule has 30 heavy (non-hydrogen) atoms. The van der Waals surface area contributed by atoms with E-state index in [2.05, 4.69) is 4.90 Å². The molecule has 0 saturated carbocycles. The van der Waals surface area contributed by atoms with Gasteiger partial charge < -0.3 is 14.5 Å². The van der Waals surface area contributed by atoms with E-state index in [1.807, 2.05) is 0 Å². The molecule has 0 unspecified atom stereocenters. The van der Waals surface area contributed by atoms with Crippen molar-refractivity contribution in [1.29, 1.82) is 0 Å². The van der Waals surface area contributed by atoms with Gasteiger partial charge in [-0.05, 0) is 55.0 Å². The van der Waals surface area contributed by atoms with E-state index in [0.717, 1.165) is 9.99 Å². The lowest BCUT2D eigenvalue weighted by Crippen LogP contribution is -2.50. The monoisotopic (exact) mass is 435 g/mol. The molecule has 0 aromatic heterocycles. The summed E-state index contributed by atoms with van der Waals surface area (Å²) in [6.45, 7) is 4.06. The lowest BCUT2D eigenvalue weighted by molar-refractivity contribution is -0.133. The van der Waals surface area contributed by atoms with Gasteiger partial charge in [0, 0.05) is 46.0 Å². The second kappa shape index (κ2) is 9.01. The molecule has 1 saturated heterocycles. The summed E-state index contributed by atoms with van der Waals surface area (Å²) >= 11 is 0. The number of carbonyl (C=O) groups is 1. The summed E-state index contributed by atoms with van der Waals surface area (Å²) in [7, 11) is -0.566. The average molecular weight is 436 g/mol. The number of anilines is 1. The van der Waals surface area contributed by atoms with Crippen LogP contribution in [0.5, 0.6) is 5.75 Å². The van der Waals surface area contributed by atoms with E-state index in [4.69, 9.17) is 4.74 Å². The van der Waals surface area contributed by atoms with Crippen LogP contribution < -0.4 is 9.64 Å². The molecular formula is C21H26FN3O4S. The Morgan fingerprint density at radius 2 is 1.70 bits per heavy atom. The van der Waals surface area contributed by atoms with Crippen LogP contribution >= 0.6 is 0 Å². The van der Waals surface area contributed by atoms with Crippen molar-refractivity contribution in [2.75, 3.05) is 51.8 Å². The summed E-state index contributed by atoms with van der Waals surface area (Å²) in [6.07, 6.45) is 0. The fraction of sp³-hybridized carbons (Fsp3) is 0.381. The molecular weight excluding hydrogens is 409 g/mol. The minimum Gasteiger partial charge on any atom is -0.483 e. The zero-order valence-corrected chi connectivity index (χ0v) is 18.2. The van der Waals surface area contributed by atoms with Crippen molar-refractivity contribution < 1.29 is 22.3 Å². The number of rotatable bonds is 6. The van der Waals surface area contributed by atoms with Gasteiger partial charge in [-0.1, -0.05) is 0 Å². The first kappa shape index (κ1) is 22.0. The molecule has 1 fully saturated rings. The van der Waals surface area contributed by atoms with E-state index in [0.29, 0.717) is 37.5 Å². The van der Waals surface area contributed by atoms with Gasteiger partial charge >= 0.3 is 0 Å². The van der Waals surface area contributed by atoms with Gasteiger partial charge in [0.15, 0.2) is 6.61 Å². The highest BCUT2D eigenvalue weighted by molar-refractivity contribution is 7.89. The largest absolute Gasteiger partial charge is 0.483 e. The number of benzene rings is 2. The molecule has 1 amide bonds. The Morgan fingerprint density at radius 1 is 1.07 bits per heavy atom. The molecule has 0 aliphatic carbocycles. The smallest absolute Gasteiger partial charge is 0.260 e. The van der Waals surface area contributed by atoms with E-state index in [1.165, 1.54) is 38.4 Å². The van der Waals surface area contributed by atoms with Gasteiger partial charge in [-0.15, -0.1) is 0 Å². The number of nitrogens with zero attached hydrogens (tertiary/aromatic N) is 3. The minimum atomic E-state index is -3.52. The summed E-state index contributed by atoms with van der Waals surface area (Å²) in [5.74, 6) is 0.0801. The molecule has 1 aliphatic heterocycles. The summed E-state index contributed by atoms with van der Waals surface area (Å²) < 4.78 is 44.3. The SMILES string of the molecule is Cc1cc(S(=O)(=O)N(C)C)ccc1OCC(=O)N1CCN(c2ccc(F)cc2)CC1. The molecule has 162 valence electrons. The van der Waals surface area contributed by atoms with Crippen LogP contribution in [0.15, 0.2) is 47.4 Å². The molecule has 7 nitrogen and oxygen atoms in total. The quantitative estimate of drug-likeness (QED) is 0.695. The van der Waals surface area contributed by atoms with E-state index in [1.54, 1.807) is 30.0 Å². The number of carbonyl (C=O) groups excluding carboxylic acids is 1. The minimum absolute atomic E-state index is 0.114. The standard InChI is InChI=1S/C21H26FN3O4S/c1-16-14-19(30(27,28)23(2)3)8-9-20(16)29-15-21(26)25-12-10-24(11-13-25)18-6-4-17(22)5-7-18/h4-9,14H,10-13,15H2,1-3H3. The number of piperazine rings is 1. The normalized spacial score (nSPS) is 14.8. The third kappa shape index (κ3) is 4.91. The second-order valence-electron chi connectivity index (χ2n) is 7.35. The van der Waals surface area contributed by atoms with Crippen LogP contribution in [0.3, 0.4) is 0 Å². The molecule has 9 heteroatoms. The van der Waals surface area contributed by atoms with Gasteiger partial charge in [0.25, 0.3) is 5.91 Å². The number of halogens is 1. The van der Waals surface area contributed by atoms with Gasteiger partial charge in [0.1, 0.15) is 11.6 Å². The van der Waals surface area contributed by atoms with Gasteiger partial charge in [-0.2, -0.15) is 0 Å². The van der Waals surface area contributed by atoms with Crippen molar-refractivity contribution in [3.8, 4) is 5.75 Å². The Kier molecular flexibility index (Phi) is 6.62. The molecule has 1 aliphatic rings. The zero-order chi connectivity index (χ0) is 21.9. The Labute approximate surface area is 176 Å². The highest BCUT2D eigenvalue weighted by atomic mass is 32.2. The fourth-order valence-electron chi connectivity index (χ4n) is 3.25. The van der Waals surface area contributed by atoms with Gasteiger partial charge in [0.2, 0.25) is 10.0 Å². The lowest BCUT2D eigenvalue weighted by Gasteiger charge is -2.36. The van der Waals surface area contributed by atoms with Crippen LogP contribution in [0.2, 0.25) is 0 Å². The molecule has 2 aromatic carbocycles. The first-order chi connectivity index (χ1) is 14.2. The van der Waals surface area contributed by atoms with Crippen LogP contribution in [0.1, 0.15) is 5.56 Å². The van der Waals surface area contributed by atoms with Crippen LogP contribution in [0.4, 0.5) is 10.1 Å². The highest BCUT2D eigenvalue weighted by Gasteiger charge is 2.22. The Hall–Kier alpha value is -2.65. The zero-order valence-electron chi connectivity index (χ0n) is 17.3. The number of aryl methyl sites for hydroxylation is 1. The molecule has 1 heterocycles. The lowest BCUT2D eigenvalue weighted by atomic mass is 10.2. The third-order valence-electron chi connectivity index (χ3n) is 5.10. The van der Waals surface area contributed by atoms with E-state index in [9.17, 15) is 17.6 Å². The molecule has 3 rings (SSSR count). The molecule has 2 aromatic rings. The number of sulfonamides is 1. The van der Waals surface area contributed by atoms with Crippen molar-refractivity contribution in [1.82, 2.24) is 9.21 Å². The first-order valence-electron chi connectivity index (χ1n) is 9.63. The van der Waals surface area contributed by atoms with Gasteiger partial charge in [-0.3, -0.25) is 4.79 Å². The maximum Gasteiger partial charge on any atom is 0.260 e. The number of hydrogen-bond acceptors (Lipinski definition) is 5. The van der Waals surface area contributed by atoms with Crippen molar-refractivity contribution >= 4 is 21.6 Å². The summed E-state index contributed by atoms with van der Waals surface area (Å²) in [5, 5.41) is 0. The first-order valence-corrected chi connectivity index (χ1v) is 11.1. The van der Waals surface area contributed by atoms with Gasteiger partial charge in [-0.25, -0.2) is 17.1 Å². The van der Waals surface area contributed by atoms with Crippen molar-refractivity contribution in [3.05, 3.63) is 53.8 Å². The van der Waals surface area contributed by atoms with Crippen molar-refractivity contribution in [3.63, 3.8) is 0 Å². The molecule has 0 N–H and O–H groups in total. The van der Waals surface area contributed by atoms with Gasteiger partial charge in [0.05, 0.1) is 4.90 Å². The maximum absolute atomic E-state index is 13.1. The highest BCUT2D eigenvalue weighted by Crippen LogP contribution is 2.23. The number of ether oxygens (including phenoxy) is 1. The topological polar surface area (TPSA) is 70.2 Å². The van der Waals surface area contributed by atoms with E-state index in [-0.39, 0.29) is 23.2 Å². The maximum atomic E-state index is 13.1. The molecule has 0 radical (unpaired) electrons. The summed E-state index contributed by atoms with van der Waals surface area (Å²) in [4.78, 5) is 16.5. The summed E-state index contributed by atoms with van der Waals surface area (Å²) in [5.41, 5.74) is 1.58. The second-order valence-corrected chi connectivity index (χ2v) is 9.50. The van der Waals surface area contributed by atoms with Crippen LogP contribution in [0, 0.1) is 12.7 Å². The van der Waals surface area contributed by atoms with Crippen LogP contribution in [-0.4, -0.2) is 70.4 Å². The Balaban J connectivity index is 1.54. The van der Waals surface area contributed by atoms with E-state index < -0.39 is 10.0 Å². The Morgan fingerprint density at radius 3 is 2.27 bits per heavy atom. The van der Waals surface area contributed by atoms with Crippen LogP contribution in [0.25, 0.3) is 0 Å². The molecule has 0 bridgehead atoms. The summed E-state index contributed by atoms with van der Waals surface area (Å²) in [6, 6.07) is 10.9. The fourth-order valence-corrected chi connectivity index (χ4v) is 4.24. The molecule has 0 spiro atoms. The van der Waals surface area contributed by atoms with Crippen LogP contribution in [-0.2, 0) is 14.8 Å². The van der Waals surface area contributed by atoms with Crippen molar-refractivity contribution in [2.45, 2.75) is 11.8 Å². The predicted octanol–water partition coefficient (Wildman–Crippen LogP) is 2.11. The number of hydrogen-bond donors (Lipinski definition) is 0.